The van der Waals surface area contributed by atoms with Gasteiger partial charge in [-0.1, -0.05) is 13.8 Å². The van der Waals surface area contributed by atoms with Crippen LogP contribution in [-0.4, -0.2) is 28.4 Å². The lowest BCUT2D eigenvalue weighted by atomic mass is 10.0. The number of H-pyrrole nitrogens is 1. The van der Waals surface area contributed by atoms with E-state index in [0.29, 0.717) is 5.82 Å². The molecule has 9 nitrogen and oxygen atoms in total. The molecule has 1 aromatic carbocycles. The zero-order valence-corrected chi connectivity index (χ0v) is 19.1. The molecule has 1 aliphatic heterocycles. The van der Waals surface area contributed by atoms with Crippen LogP contribution in [0.5, 0.6) is 0 Å². The molecule has 1 fully saturated rings. The summed E-state index contributed by atoms with van der Waals surface area (Å²) in [6.45, 7) is 3.99. The molecular formula is C22H25FN6O3S. The van der Waals surface area contributed by atoms with Gasteiger partial charge in [-0.05, 0) is 42.9 Å². The Bertz CT molecular complexity index is 1380. The molecule has 0 bridgehead atoms. The Kier molecular flexibility index (Phi) is 5.32. The van der Waals surface area contributed by atoms with E-state index in [2.05, 4.69) is 25.3 Å². The second-order valence-corrected chi connectivity index (χ2v) is 10.7. The number of halogens is 1. The van der Waals surface area contributed by atoms with E-state index < -0.39 is 15.8 Å². The van der Waals surface area contributed by atoms with Gasteiger partial charge in [-0.15, -0.1) is 0 Å². The van der Waals surface area contributed by atoms with Crippen molar-refractivity contribution in [3.8, 4) is 0 Å². The van der Waals surface area contributed by atoms with Gasteiger partial charge in [0.15, 0.2) is 11.6 Å². The maximum atomic E-state index is 14.8. The maximum Gasteiger partial charge on any atom is 0.267 e. The minimum absolute atomic E-state index is 0.0204. The van der Waals surface area contributed by atoms with Gasteiger partial charge in [0.2, 0.25) is 10.0 Å². The summed E-state index contributed by atoms with van der Waals surface area (Å²) in [6, 6.07) is 6.30. The van der Waals surface area contributed by atoms with E-state index in [-0.39, 0.29) is 46.1 Å². The molecule has 33 heavy (non-hydrogen) atoms. The highest BCUT2D eigenvalue weighted by atomic mass is 32.2. The molecule has 11 heteroatoms. The highest BCUT2D eigenvalue weighted by molar-refractivity contribution is 7.89. The monoisotopic (exact) mass is 472 g/mol. The second-order valence-electron chi connectivity index (χ2n) is 8.95. The Morgan fingerprint density at radius 2 is 2.06 bits per heavy atom. The van der Waals surface area contributed by atoms with Gasteiger partial charge in [0.25, 0.3) is 5.56 Å². The molecule has 2 aromatic heterocycles. The predicted octanol–water partition coefficient (Wildman–Crippen LogP) is 3.27. The molecule has 0 spiro atoms. The fraction of sp³-hybridized carbons (Fsp3) is 0.409. The average Bonchev–Trinajstić information content (AvgIpc) is 3.49. The molecule has 0 amide bonds. The highest BCUT2D eigenvalue weighted by Crippen LogP contribution is 2.40. The summed E-state index contributed by atoms with van der Waals surface area (Å²) in [5, 5.41) is 14.6. The van der Waals surface area contributed by atoms with E-state index >= 15 is 0 Å². The summed E-state index contributed by atoms with van der Waals surface area (Å²) in [5.74, 6) is 0.263. The third-order valence-corrected chi connectivity index (χ3v) is 7.98. The third kappa shape index (κ3) is 3.95. The van der Waals surface area contributed by atoms with E-state index in [1.54, 1.807) is 16.9 Å². The number of benzene rings is 1. The molecule has 2 atom stereocenters. The first-order chi connectivity index (χ1) is 15.7. The number of anilines is 2. The van der Waals surface area contributed by atoms with E-state index in [9.17, 15) is 17.6 Å². The normalized spacial score (nSPS) is 21.5. The molecule has 0 saturated heterocycles. The van der Waals surface area contributed by atoms with Crippen LogP contribution >= 0.6 is 0 Å². The first kappa shape index (κ1) is 21.8. The average molecular weight is 473 g/mol. The zero-order valence-electron chi connectivity index (χ0n) is 18.3. The van der Waals surface area contributed by atoms with Gasteiger partial charge in [0, 0.05) is 35.9 Å². The Labute approximate surface area is 190 Å². The number of hydrogen-bond donors (Lipinski definition) is 3. The second kappa shape index (κ2) is 8.07. The summed E-state index contributed by atoms with van der Waals surface area (Å²) < 4.78 is 42.5. The van der Waals surface area contributed by atoms with E-state index in [4.69, 9.17) is 0 Å². The molecule has 3 N–H and O–H groups in total. The summed E-state index contributed by atoms with van der Waals surface area (Å²) in [6.07, 6.45) is 4.24. The van der Waals surface area contributed by atoms with Crippen molar-refractivity contribution in [3.63, 3.8) is 0 Å². The minimum atomic E-state index is -3.63. The number of sulfonamides is 1. The van der Waals surface area contributed by atoms with Gasteiger partial charge in [-0.2, -0.15) is 10.2 Å². The molecular weight excluding hydrogens is 447 g/mol. The molecule has 5 rings (SSSR count). The molecule has 174 valence electrons. The zero-order chi connectivity index (χ0) is 23.3. The van der Waals surface area contributed by atoms with E-state index in [1.807, 2.05) is 19.9 Å². The Morgan fingerprint density at radius 1 is 1.24 bits per heavy atom. The molecule has 1 aliphatic carbocycles. The van der Waals surface area contributed by atoms with Crippen molar-refractivity contribution >= 4 is 21.5 Å². The van der Waals surface area contributed by atoms with Crippen LogP contribution in [0.25, 0.3) is 0 Å². The number of hydrogen-bond acceptors (Lipinski definition) is 6. The van der Waals surface area contributed by atoms with Gasteiger partial charge in [-0.25, -0.2) is 22.2 Å². The molecule has 3 heterocycles. The Morgan fingerprint density at radius 3 is 2.82 bits per heavy atom. The van der Waals surface area contributed by atoms with Crippen LogP contribution in [0.15, 0.2) is 40.2 Å². The number of nitrogens with one attached hydrogen (secondary N) is 3. The van der Waals surface area contributed by atoms with Gasteiger partial charge in [0.05, 0.1) is 22.8 Å². The topological polar surface area (TPSA) is 122 Å². The summed E-state index contributed by atoms with van der Waals surface area (Å²) >= 11 is 0. The van der Waals surface area contributed by atoms with Crippen LogP contribution in [0, 0.1) is 5.82 Å². The van der Waals surface area contributed by atoms with Crippen molar-refractivity contribution in [3.05, 3.63) is 63.5 Å². The maximum absolute atomic E-state index is 14.8. The fourth-order valence-corrected chi connectivity index (χ4v) is 5.82. The third-order valence-electron chi connectivity index (χ3n) is 6.49. The van der Waals surface area contributed by atoms with Crippen LogP contribution in [0.2, 0.25) is 0 Å². The lowest BCUT2D eigenvalue weighted by Crippen LogP contribution is -2.26. The molecule has 1 saturated carbocycles. The summed E-state index contributed by atoms with van der Waals surface area (Å²) in [4.78, 5) is 12.5. The van der Waals surface area contributed by atoms with Gasteiger partial charge in [0.1, 0.15) is 0 Å². The van der Waals surface area contributed by atoms with Crippen LogP contribution in [0.4, 0.5) is 15.9 Å². The smallest absolute Gasteiger partial charge is 0.267 e. The summed E-state index contributed by atoms with van der Waals surface area (Å²) in [5.41, 5.74) is 2.04. The van der Waals surface area contributed by atoms with Crippen molar-refractivity contribution in [2.24, 2.45) is 0 Å². The van der Waals surface area contributed by atoms with Crippen molar-refractivity contribution in [1.29, 1.82) is 0 Å². The molecule has 3 aromatic rings. The summed E-state index contributed by atoms with van der Waals surface area (Å²) in [7, 11) is -3.63. The van der Waals surface area contributed by atoms with Crippen molar-refractivity contribution in [2.75, 3.05) is 5.32 Å². The van der Waals surface area contributed by atoms with E-state index in [0.717, 1.165) is 30.5 Å². The number of nitrogens with zero attached hydrogens (tertiary/aromatic N) is 3. The van der Waals surface area contributed by atoms with Crippen LogP contribution in [0.1, 0.15) is 67.8 Å². The van der Waals surface area contributed by atoms with Crippen molar-refractivity contribution in [1.82, 2.24) is 24.7 Å². The van der Waals surface area contributed by atoms with Crippen LogP contribution in [-0.2, 0) is 16.6 Å². The molecule has 2 aliphatic rings. The number of rotatable bonds is 5. The lowest BCUT2D eigenvalue weighted by Gasteiger charge is -2.14. The van der Waals surface area contributed by atoms with Gasteiger partial charge in [-0.3, -0.25) is 9.89 Å². The number of aromatic amines is 1. The first-order valence-electron chi connectivity index (χ1n) is 10.9. The SMILES string of the molecule is CC(C)c1cnn([C@H]2CC[C@@H](c3cc(Nc4ccc5c(c4F)CNS5(=O)=O)n[nH]3)C2)c(=O)c1. The van der Waals surface area contributed by atoms with Crippen LogP contribution < -0.4 is 15.6 Å². The Balaban J connectivity index is 1.30. The largest absolute Gasteiger partial charge is 0.336 e. The molecule has 0 unspecified atom stereocenters. The van der Waals surface area contributed by atoms with Crippen LogP contribution in [0.3, 0.4) is 0 Å². The lowest BCUT2D eigenvalue weighted by molar-refractivity contribution is 0.435. The van der Waals surface area contributed by atoms with Gasteiger partial charge < -0.3 is 5.32 Å². The minimum Gasteiger partial charge on any atom is -0.336 e. The highest BCUT2D eigenvalue weighted by Gasteiger charge is 2.31. The fourth-order valence-electron chi connectivity index (χ4n) is 4.59. The quantitative estimate of drug-likeness (QED) is 0.524. The van der Waals surface area contributed by atoms with E-state index in [1.165, 1.54) is 12.1 Å². The van der Waals surface area contributed by atoms with Crippen molar-refractivity contribution in [2.45, 2.75) is 62.4 Å². The van der Waals surface area contributed by atoms with Gasteiger partial charge >= 0.3 is 0 Å². The standard InChI is InChI=1S/C22H25FN6O3S/c1-12(2)14-8-21(30)29(24-10-14)15-4-3-13(7-15)18-9-20(28-27-18)26-17-5-6-19-16(22(17)23)11-25-33(19,31)32/h5-6,8-10,12-13,15,25H,3-4,7,11H2,1-2H3,(H2,26,27,28)/t13-,15+/m1/s1. The predicted molar refractivity (Wildman–Crippen MR) is 121 cm³/mol. The molecule has 0 radical (unpaired) electrons. The van der Waals surface area contributed by atoms with Crippen molar-refractivity contribution < 1.29 is 12.8 Å². The Hall–Kier alpha value is -3.05. The number of fused-ring (bicyclic) bond motifs is 1. The first-order valence-corrected chi connectivity index (χ1v) is 12.4. The number of aromatic nitrogens is 4.